The van der Waals surface area contributed by atoms with E-state index in [2.05, 4.69) is 9.98 Å². The summed E-state index contributed by atoms with van der Waals surface area (Å²) in [5.41, 5.74) is -0.0625. The molecule has 2 aliphatic heterocycles. The van der Waals surface area contributed by atoms with E-state index in [1.807, 2.05) is 0 Å². The third kappa shape index (κ3) is 0.996. The van der Waals surface area contributed by atoms with Gasteiger partial charge in [0, 0.05) is 0 Å². The zero-order valence-electron chi connectivity index (χ0n) is 8.16. The molecule has 0 bridgehead atoms. The van der Waals surface area contributed by atoms with Crippen molar-refractivity contribution in [3.05, 3.63) is 0 Å². The van der Waals surface area contributed by atoms with Crippen LogP contribution >= 0.6 is 0 Å². The molecule has 1 fully saturated rings. The molecule has 0 saturated heterocycles. The van der Waals surface area contributed by atoms with E-state index in [1.54, 1.807) is 0 Å². The molecule has 0 aromatic carbocycles. The predicted octanol–water partition coefficient (Wildman–Crippen LogP) is 1.01. The summed E-state index contributed by atoms with van der Waals surface area (Å²) in [7, 11) is 0. The highest BCUT2D eigenvalue weighted by Crippen LogP contribution is 2.45. The molecule has 3 rings (SSSR count). The van der Waals surface area contributed by atoms with E-state index in [1.165, 1.54) is 6.42 Å². The van der Waals surface area contributed by atoms with Crippen molar-refractivity contribution >= 4 is 11.8 Å². The Balaban J connectivity index is 1.89. The fraction of sp³-hybridized carbons (Fsp3) is 0.800. The lowest BCUT2D eigenvalue weighted by Crippen LogP contribution is -2.45. The Hall–Kier alpha value is -1.06. The second kappa shape index (κ2) is 2.97. The smallest absolute Gasteiger partial charge is 0.199 e. The Bertz CT molecular complexity index is 279. The molecule has 2 heterocycles. The highest BCUT2D eigenvalue weighted by molar-refractivity contribution is 6.06. The lowest BCUT2D eigenvalue weighted by molar-refractivity contribution is 0.202. The van der Waals surface area contributed by atoms with Crippen LogP contribution in [0.5, 0.6) is 0 Å². The average Bonchev–Trinajstić information content (AvgIpc) is 2.71. The van der Waals surface area contributed by atoms with E-state index >= 15 is 0 Å². The molecule has 0 aromatic rings. The maximum absolute atomic E-state index is 5.56. The minimum Gasteiger partial charge on any atom is -0.478 e. The minimum absolute atomic E-state index is 0.0625. The SMILES string of the molecule is C1CC(C2=NCCO2)(C2=NCCO2)C1. The monoisotopic (exact) mass is 194 g/mol. The van der Waals surface area contributed by atoms with Crippen molar-refractivity contribution in [2.75, 3.05) is 26.3 Å². The largest absolute Gasteiger partial charge is 0.478 e. The van der Waals surface area contributed by atoms with Crippen LogP contribution in [-0.4, -0.2) is 38.1 Å². The molecule has 3 aliphatic rings. The average molecular weight is 194 g/mol. The maximum Gasteiger partial charge on any atom is 0.199 e. The van der Waals surface area contributed by atoms with E-state index in [0.29, 0.717) is 0 Å². The number of hydrogen-bond acceptors (Lipinski definition) is 4. The molecule has 14 heavy (non-hydrogen) atoms. The molecule has 1 aliphatic carbocycles. The molecule has 4 heteroatoms. The lowest BCUT2D eigenvalue weighted by Gasteiger charge is -2.39. The van der Waals surface area contributed by atoms with Gasteiger partial charge in [0.2, 0.25) is 0 Å². The molecule has 4 nitrogen and oxygen atoms in total. The van der Waals surface area contributed by atoms with Gasteiger partial charge in [0.15, 0.2) is 11.8 Å². The summed E-state index contributed by atoms with van der Waals surface area (Å²) >= 11 is 0. The molecule has 1 saturated carbocycles. The third-order valence-electron chi connectivity index (χ3n) is 3.20. The first-order valence-corrected chi connectivity index (χ1v) is 5.27. The second-order valence-corrected chi connectivity index (χ2v) is 4.01. The Kier molecular flexibility index (Phi) is 1.75. The van der Waals surface area contributed by atoms with E-state index in [9.17, 15) is 0 Å². The normalized spacial score (nSPS) is 28.6. The Morgan fingerprint density at radius 2 is 1.50 bits per heavy atom. The van der Waals surface area contributed by atoms with Crippen LogP contribution in [0.2, 0.25) is 0 Å². The molecule has 0 N–H and O–H groups in total. The quantitative estimate of drug-likeness (QED) is 0.658. The topological polar surface area (TPSA) is 43.2 Å². The molecule has 76 valence electrons. The van der Waals surface area contributed by atoms with E-state index < -0.39 is 0 Å². The zero-order chi connectivity index (χ0) is 9.43. The molecule has 0 unspecified atom stereocenters. The van der Waals surface area contributed by atoms with Gasteiger partial charge >= 0.3 is 0 Å². The van der Waals surface area contributed by atoms with E-state index in [0.717, 1.165) is 50.9 Å². The number of hydrogen-bond donors (Lipinski definition) is 0. The van der Waals surface area contributed by atoms with Crippen LogP contribution in [0.1, 0.15) is 19.3 Å². The molecule has 0 radical (unpaired) electrons. The number of nitrogens with zero attached hydrogens (tertiary/aromatic N) is 2. The number of rotatable bonds is 2. The van der Waals surface area contributed by atoms with Crippen LogP contribution in [0, 0.1) is 5.41 Å². The third-order valence-corrected chi connectivity index (χ3v) is 3.20. The molecular weight excluding hydrogens is 180 g/mol. The number of aliphatic imine (C=N–C) groups is 2. The van der Waals surface area contributed by atoms with Gasteiger partial charge in [-0.3, -0.25) is 9.98 Å². The Morgan fingerprint density at radius 3 is 1.79 bits per heavy atom. The highest BCUT2D eigenvalue weighted by Gasteiger charge is 2.51. The summed E-state index contributed by atoms with van der Waals surface area (Å²) < 4.78 is 11.1. The second-order valence-electron chi connectivity index (χ2n) is 4.01. The van der Waals surface area contributed by atoms with Crippen LogP contribution in [0.15, 0.2) is 9.98 Å². The Labute approximate surface area is 83.0 Å². The summed E-state index contributed by atoms with van der Waals surface area (Å²) in [6, 6.07) is 0. The molecule has 0 aromatic heterocycles. The molecular formula is C10H14N2O2. The van der Waals surface area contributed by atoms with Crippen molar-refractivity contribution < 1.29 is 9.47 Å². The first kappa shape index (κ1) is 8.26. The maximum atomic E-state index is 5.56. The molecule has 0 spiro atoms. The zero-order valence-corrected chi connectivity index (χ0v) is 8.16. The first-order chi connectivity index (χ1) is 6.92. The van der Waals surface area contributed by atoms with Crippen molar-refractivity contribution in [3.63, 3.8) is 0 Å². The standard InChI is InChI=1S/C10H14N2O2/c1-2-10(3-1,8-11-4-6-13-8)9-12-5-7-14-9/h1-7H2. The van der Waals surface area contributed by atoms with Crippen LogP contribution in [0.3, 0.4) is 0 Å². The van der Waals surface area contributed by atoms with Gasteiger partial charge in [-0.25, -0.2) is 0 Å². The summed E-state index contributed by atoms with van der Waals surface area (Å²) in [4.78, 5) is 8.82. The van der Waals surface area contributed by atoms with E-state index in [4.69, 9.17) is 9.47 Å². The fourth-order valence-electron chi connectivity index (χ4n) is 2.30. The first-order valence-electron chi connectivity index (χ1n) is 5.27. The van der Waals surface area contributed by atoms with Crippen LogP contribution in [-0.2, 0) is 9.47 Å². The van der Waals surface area contributed by atoms with Crippen LogP contribution < -0.4 is 0 Å². The van der Waals surface area contributed by atoms with Gasteiger partial charge in [-0.15, -0.1) is 0 Å². The van der Waals surface area contributed by atoms with Crippen molar-refractivity contribution in [2.45, 2.75) is 19.3 Å². The van der Waals surface area contributed by atoms with Crippen molar-refractivity contribution in [1.82, 2.24) is 0 Å². The van der Waals surface area contributed by atoms with Crippen molar-refractivity contribution in [3.8, 4) is 0 Å². The van der Waals surface area contributed by atoms with Gasteiger partial charge < -0.3 is 9.47 Å². The highest BCUT2D eigenvalue weighted by atomic mass is 16.5. The summed E-state index contributed by atoms with van der Waals surface area (Å²) in [5, 5.41) is 0. The lowest BCUT2D eigenvalue weighted by atomic mass is 9.68. The van der Waals surface area contributed by atoms with Crippen molar-refractivity contribution in [2.24, 2.45) is 15.4 Å². The molecule has 0 amide bonds. The Morgan fingerprint density at radius 1 is 0.929 bits per heavy atom. The summed E-state index contributed by atoms with van der Waals surface area (Å²) in [5.74, 6) is 1.76. The van der Waals surface area contributed by atoms with Gasteiger partial charge in [0.25, 0.3) is 0 Å². The van der Waals surface area contributed by atoms with Gasteiger partial charge in [-0.1, -0.05) is 6.42 Å². The summed E-state index contributed by atoms with van der Waals surface area (Å²) in [6.45, 7) is 3.05. The van der Waals surface area contributed by atoms with Gasteiger partial charge in [-0.05, 0) is 12.8 Å². The van der Waals surface area contributed by atoms with Crippen LogP contribution in [0.4, 0.5) is 0 Å². The van der Waals surface area contributed by atoms with Gasteiger partial charge in [0.05, 0.1) is 13.1 Å². The minimum atomic E-state index is -0.0625. The van der Waals surface area contributed by atoms with Crippen molar-refractivity contribution in [1.29, 1.82) is 0 Å². The van der Waals surface area contributed by atoms with E-state index in [-0.39, 0.29) is 5.41 Å². The molecule has 0 atom stereocenters. The van der Waals surface area contributed by atoms with Crippen LogP contribution in [0.25, 0.3) is 0 Å². The van der Waals surface area contributed by atoms with Gasteiger partial charge in [-0.2, -0.15) is 0 Å². The van der Waals surface area contributed by atoms with Gasteiger partial charge in [0.1, 0.15) is 18.6 Å². The number of ether oxygens (including phenoxy) is 2. The fourth-order valence-corrected chi connectivity index (χ4v) is 2.30. The summed E-state index contributed by atoms with van der Waals surface area (Å²) in [6.07, 6.45) is 3.40. The predicted molar refractivity (Wildman–Crippen MR) is 52.8 cm³/mol.